The molecule has 0 aromatic carbocycles. The van der Waals surface area contributed by atoms with Gasteiger partial charge in [-0.25, -0.2) is 9.98 Å². The number of aromatic nitrogens is 1. The summed E-state index contributed by atoms with van der Waals surface area (Å²) in [5.41, 5.74) is 0.943. The Morgan fingerprint density at radius 1 is 1.37 bits per heavy atom. The van der Waals surface area contributed by atoms with Crippen LogP contribution in [0.15, 0.2) is 9.41 Å². The second kappa shape index (κ2) is 6.59. The van der Waals surface area contributed by atoms with E-state index in [-0.39, 0.29) is 0 Å². The second-order valence-corrected chi connectivity index (χ2v) is 5.07. The first kappa shape index (κ1) is 13.9. The van der Waals surface area contributed by atoms with Crippen LogP contribution in [0.3, 0.4) is 0 Å². The van der Waals surface area contributed by atoms with Gasteiger partial charge >= 0.3 is 0 Å². The number of aryl methyl sites for hydroxylation is 2. The maximum absolute atomic E-state index is 5.54. The molecule has 1 aromatic heterocycles. The van der Waals surface area contributed by atoms with E-state index in [9.17, 15) is 0 Å². The van der Waals surface area contributed by atoms with Crippen LogP contribution in [0.5, 0.6) is 0 Å². The summed E-state index contributed by atoms with van der Waals surface area (Å²) in [6, 6.07) is 0.561. The lowest BCUT2D eigenvalue weighted by Crippen LogP contribution is -2.42. The summed E-state index contributed by atoms with van der Waals surface area (Å²) in [5, 5.41) is 6.75. The highest BCUT2D eigenvalue weighted by Gasteiger charge is 2.16. The van der Waals surface area contributed by atoms with Gasteiger partial charge in [-0.2, -0.15) is 0 Å². The molecule has 5 heteroatoms. The number of oxazole rings is 1. The lowest BCUT2D eigenvalue weighted by atomic mass is 10.2. The van der Waals surface area contributed by atoms with Crippen molar-refractivity contribution in [1.82, 2.24) is 15.6 Å². The second-order valence-electron chi connectivity index (χ2n) is 5.07. The van der Waals surface area contributed by atoms with Gasteiger partial charge in [-0.1, -0.05) is 12.8 Å². The molecule has 1 heterocycles. The average molecular weight is 264 g/mol. The number of nitrogens with one attached hydrogen (secondary N) is 2. The van der Waals surface area contributed by atoms with Crippen LogP contribution in [0, 0.1) is 13.8 Å². The molecule has 2 rings (SSSR count). The highest BCUT2D eigenvalue weighted by molar-refractivity contribution is 5.80. The fourth-order valence-electron chi connectivity index (χ4n) is 2.34. The van der Waals surface area contributed by atoms with Crippen LogP contribution in [-0.2, 0) is 6.54 Å². The van der Waals surface area contributed by atoms with Gasteiger partial charge in [-0.15, -0.1) is 0 Å². The Balaban J connectivity index is 1.94. The molecule has 5 nitrogen and oxygen atoms in total. The molecule has 0 saturated heterocycles. The van der Waals surface area contributed by atoms with Gasteiger partial charge in [0.25, 0.3) is 0 Å². The molecule has 2 N–H and O–H groups in total. The normalized spacial score (nSPS) is 16.9. The predicted octanol–water partition coefficient (Wildman–Crippen LogP) is 2.29. The van der Waals surface area contributed by atoms with Crippen molar-refractivity contribution in [3.8, 4) is 0 Å². The molecular weight excluding hydrogens is 240 g/mol. The van der Waals surface area contributed by atoms with Crippen LogP contribution >= 0.6 is 0 Å². The van der Waals surface area contributed by atoms with E-state index < -0.39 is 0 Å². The van der Waals surface area contributed by atoms with Gasteiger partial charge in [-0.3, -0.25) is 0 Å². The standard InChI is InChI=1S/C14H24N4O/c1-4-15-14(18-12-7-5-6-8-12)16-9-13-17-10(2)11(3)19-13/h12H,4-9H2,1-3H3,(H2,15,16,18). The van der Waals surface area contributed by atoms with Crippen molar-refractivity contribution < 1.29 is 4.42 Å². The van der Waals surface area contributed by atoms with E-state index in [1.807, 2.05) is 13.8 Å². The Hall–Kier alpha value is -1.52. The Morgan fingerprint density at radius 2 is 2.11 bits per heavy atom. The van der Waals surface area contributed by atoms with E-state index in [0.717, 1.165) is 24.0 Å². The lowest BCUT2D eigenvalue weighted by molar-refractivity contribution is 0.472. The monoisotopic (exact) mass is 264 g/mol. The summed E-state index contributed by atoms with van der Waals surface area (Å²) in [6.45, 7) is 7.30. The molecule has 1 fully saturated rings. The van der Waals surface area contributed by atoms with Crippen molar-refractivity contribution >= 4 is 5.96 Å². The minimum absolute atomic E-state index is 0.483. The van der Waals surface area contributed by atoms with E-state index in [1.54, 1.807) is 0 Å². The zero-order valence-electron chi connectivity index (χ0n) is 12.1. The number of rotatable bonds is 4. The first-order valence-corrected chi connectivity index (χ1v) is 7.16. The van der Waals surface area contributed by atoms with Crippen molar-refractivity contribution in [3.63, 3.8) is 0 Å². The van der Waals surface area contributed by atoms with Gasteiger partial charge in [0.05, 0.1) is 5.69 Å². The SMILES string of the molecule is CCNC(=NCc1nc(C)c(C)o1)NC1CCCC1. The maximum atomic E-state index is 5.54. The smallest absolute Gasteiger partial charge is 0.216 e. The van der Waals surface area contributed by atoms with Crippen molar-refractivity contribution in [3.05, 3.63) is 17.3 Å². The Morgan fingerprint density at radius 3 is 2.68 bits per heavy atom. The minimum atomic E-state index is 0.483. The first-order valence-electron chi connectivity index (χ1n) is 7.16. The van der Waals surface area contributed by atoms with Crippen molar-refractivity contribution in [2.24, 2.45) is 4.99 Å². The van der Waals surface area contributed by atoms with Gasteiger partial charge in [0.1, 0.15) is 12.3 Å². The molecule has 0 radical (unpaired) electrons. The van der Waals surface area contributed by atoms with Crippen LogP contribution < -0.4 is 10.6 Å². The number of hydrogen-bond acceptors (Lipinski definition) is 3. The van der Waals surface area contributed by atoms with Gasteiger partial charge in [0.15, 0.2) is 5.96 Å². The Labute approximate surface area is 114 Å². The molecule has 1 aliphatic rings. The largest absolute Gasteiger partial charge is 0.444 e. The molecule has 0 spiro atoms. The summed E-state index contributed by atoms with van der Waals surface area (Å²) in [7, 11) is 0. The van der Waals surface area contributed by atoms with Crippen LogP contribution in [-0.4, -0.2) is 23.5 Å². The van der Waals surface area contributed by atoms with E-state index in [0.29, 0.717) is 18.5 Å². The summed E-state index contributed by atoms with van der Waals surface area (Å²) in [6.07, 6.45) is 5.10. The van der Waals surface area contributed by atoms with Crippen LogP contribution in [0.4, 0.5) is 0 Å². The predicted molar refractivity (Wildman–Crippen MR) is 76.2 cm³/mol. The Kier molecular flexibility index (Phi) is 4.82. The van der Waals surface area contributed by atoms with Gasteiger partial charge in [0, 0.05) is 12.6 Å². The lowest BCUT2D eigenvalue weighted by Gasteiger charge is -2.16. The zero-order valence-corrected chi connectivity index (χ0v) is 12.1. The van der Waals surface area contributed by atoms with E-state index in [4.69, 9.17) is 4.42 Å². The van der Waals surface area contributed by atoms with E-state index in [1.165, 1.54) is 25.7 Å². The van der Waals surface area contributed by atoms with Crippen molar-refractivity contribution in [2.75, 3.05) is 6.54 Å². The number of guanidine groups is 1. The van der Waals surface area contributed by atoms with Crippen LogP contribution in [0.25, 0.3) is 0 Å². The highest BCUT2D eigenvalue weighted by atomic mass is 16.4. The highest BCUT2D eigenvalue weighted by Crippen LogP contribution is 2.17. The third kappa shape index (κ3) is 3.98. The zero-order chi connectivity index (χ0) is 13.7. The Bertz CT molecular complexity index is 413. The molecule has 1 aromatic rings. The molecule has 0 amide bonds. The molecule has 0 atom stereocenters. The number of hydrogen-bond donors (Lipinski definition) is 2. The quantitative estimate of drug-likeness (QED) is 0.647. The average Bonchev–Trinajstić information content (AvgIpc) is 2.98. The molecule has 0 aliphatic heterocycles. The summed E-state index contributed by atoms with van der Waals surface area (Å²) in [4.78, 5) is 8.88. The van der Waals surface area contributed by atoms with E-state index in [2.05, 4.69) is 27.5 Å². The van der Waals surface area contributed by atoms with Crippen LogP contribution in [0.2, 0.25) is 0 Å². The summed E-state index contributed by atoms with van der Waals surface area (Å²) in [5.74, 6) is 2.42. The maximum Gasteiger partial charge on any atom is 0.216 e. The van der Waals surface area contributed by atoms with Crippen molar-refractivity contribution in [1.29, 1.82) is 0 Å². The van der Waals surface area contributed by atoms with Gasteiger partial charge < -0.3 is 15.1 Å². The fourth-order valence-corrected chi connectivity index (χ4v) is 2.34. The van der Waals surface area contributed by atoms with Crippen molar-refractivity contribution in [2.45, 2.75) is 59.0 Å². The van der Waals surface area contributed by atoms with Gasteiger partial charge in [-0.05, 0) is 33.6 Å². The van der Waals surface area contributed by atoms with Gasteiger partial charge in [0.2, 0.25) is 5.89 Å². The molecule has 0 unspecified atom stereocenters. The third-order valence-corrected chi connectivity index (χ3v) is 3.49. The van der Waals surface area contributed by atoms with Crippen LogP contribution in [0.1, 0.15) is 50.0 Å². The molecule has 0 bridgehead atoms. The first-order chi connectivity index (χ1) is 9.19. The molecule has 19 heavy (non-hydrogen) atoms. The topological polar surface area (TPSA) is 62.5 Å². The number of aliphatic imine (C=N–C) groups is 1. The summed E-state index contributed by atoms with van der Waals surface area (Å²) < 4.78 is 5.54. The van der Waals surface area contributed by atoms with E-state index >= 15 is 0 Å². The molecule has 106 valence electrons. The third-order valence-electron chi connectivity index (χ3n) is 3.49. The molecule has 1 aliphatic carbocycles. The summed E-state index contributed by atoms with van der Waals surface area (Å²) >= 11 is 0. The molecule has 1 saturated carbocycles. The minimum Gasteiger partial charge on any atom is -0.444 e. The fraction of sp³-hybridized carbons (Fsp3) is 0.714. The molecular formula is C14H24N4O. The number of nitrogens with zero attached hydrogens (tertiary/aromatic N) is 2.